The molecule has 1 heterocycles. The lowest BCUT2D eigenvalue weighted by Gasteiger charge is -2.31. The zero-order valence-electron chi connectivity index (χ0n) is 13.1. The Kier molecular flexibility index (Phi) is 4.98. The molecule has 0 unspecified atom stereocenters. The lowest BCUT2D eigenvalue weighted by atomic mass is 9.91. The van der Waals surface area contributed by atoms with Crippen molar-refractivity contribution in [2.24, 2.45) is 5.92 Å². The third-order valence-electron chi connectivity index (χ3n) is 2.89. The first-order valence-electron chi connectivity index (χ1n) is 6.57. The lowest BCUT2D eigenvalue weighted by molar-refractivity contribution is -0.147. The van der Waals surface area contributed by atoms with Crippen molar-refractivity contribution >= 4 is 18.0 Å². The fourth-order valence-corrected chi connectivity index (χ4v) is 1.92. The Morgan fingerprint density at radius 3 is 2.33 bits per heavy atom. The zero-order valence-corrected chi connectivity index (χ0v) is 13.1. The average molecular weight is 299 g/mol. The second-order valence-corrected chi connectivity index (χ2v) is 5.80. The second kappa shape index (κ2) is 6.15. The number of alkyl carbamates (subject to hydrolysis) is 1. The van der Waals surface area contributed by atoms with Gasteiger partial charge in [0.15, 0.2) is 0 Å². The van der Waals surface area contributed by atoms with E-state index in [1.807, 2.05) is 0 Å². The molecule has 0 radical (unpaired) electrons. The highest BCUT2D eigenvalue weighted by atomic mass is 16.6. The molecule has 118 valence electrons. The van der Waals surface area contributed by atoms with Gasteiger partial charge in [-0.1, -0.05) is 0 Å². The van der Waals surface area contributed by atoms with Gasteiger partial charge < -0.3 is 19.5 Å². The number of methoxy groups -OCH3 is 1. The van der Waals surface area contributed by atoms with Gasteiger partial charge in [0.05, 0.1) is 24.6 Å². The average Bonchev–Trinajstić information content (AvgIpc) is 2.32. The van der Waals surface area contributed by atoms with Crippen LogP contribution in [0.5, 0.6) is 0 Å². The zero-order chi connectivity index (χ0) is 16.4. The normalized spacial score (nSPS) is 22.5. The molecular formula is C14H21NO6. The first-order valence-corrected chi connectivity index (χ1v) is 6.57. The van der Waals surface area contributed by atoms with Gasteiger partial charge in [0.25, 0.3) is 0 Å². The molecule has 21 heavy (non-hydrogen) atoms. The summed E-state index contributed by atoms with van der Waals surface area (Å²) in [6.07, 6.45) is -0.719. The number of cyclic esters (lactones) is 1. The highest BCUT2D eigenvalue weighted by Gasteiger charge is 2.40. The molecule has 1 aliphatic rings. The number of ether oxygens (including phenoxy) is 3. The van der Waals surface area contributed by atoms with E-state index in [9.17, 15) is 14.4 Å². The van der Waals surface area contributed by atoms with E-state index < -0.39 is 35.6 Å². The number of amides is 1. The maximum atomic E-state index is 11.9. The molecule has 0 saturated heterocycles. The van der Waals surface area contributed by atoms with E-state index in [-0.39, 0.29) is 11.3 Å². The topological polar surface area (TPSA) is 90.9 Å². The highest BCUT2D eigenvalue weighted by molar-refractivity contribution is 5.94. The number of carbonyl (C=O) groups excluding carboxylic acids is 3. The van der Waals surface area contributed by atoms with Crippen molar-refractivity contribution in [3.63, 3.8) is 0 Å². The second-order valence-electron chi connectivity index (χ2n) is 5.80. The molecule has 0 aromatic heterocycles. The van der Waals surface area contributed by atoms with Crippen LogP contribution in [-0.2, 0) is 23.8 Å². The summed E-state index contributed by atoms with van der Waals surface area (Å²) in [5.41, 5.74) is -0.581. The van der Waals surface area contributed by atoms with E-state index in [0.717, 1.165) is 0 Å². The van der Waals surface area contributed by atoms with Crippen LogP contribution in [-0.4, -0.2) is 36.8 Å². The van der Waals surface area contributed by atoms with Gasteiger partial charge in [-0.3, -0.25) is 4.79 Å². The molecule has 1 N–H and O–H groups in total. The molecule has 0 aliphatic carbocycles. The van der Waals surface area contributed by atoms with Crippen molar-refractivity contribution in [1.29, 1.82) is 0 Å². The van der Waals surface area contributed by atoms with Crippen LogP contribution in [0.3, 0.4) is 0 Å². The van der Waals surface area contributed by atoms with Crippen LogP contribution in [0.1, 0.15) is 34.6 Å². The molecule has 0 fully saturated rings. The van der Waals surface area contributed by atoms with E-state index in [0.29, 0.717) is 0 Å². The standard InChI is InChI=1S/C14H21NO6/c1-7-10(15-13(18)21-14(3,4)5)9(12(17)19-6)8(2)20-11(7)16/h7,10H,1-6H3,(H,15,18)/t7-,10-/m1/s1. The SMILES string of the molecule is COC(=O)C1=C(C)OC(=O)[C@H](C)[C@H]1NC(=O)OC(C)(C)C. The molecule has 1 rings (SSSR count). The van der Waals surface area contributed by atoms with Crippen LogP contribution in [0.25, 0.3) is 0 Å². The fourth-order valence-electron chi connectivity index (χ4n) is 1.92. The highest BCUT2D eigenvalue weighted by Crippen LogP contribution is 2.26. The summed E-state index contributed by atoms with van der Waals surface area (Å²) in [6.45, 7) is 8.17. The molecule has 7 nitrogen and oxygen atoms in total. The number of rotatable bonds is 2. The van der Waals surface area contributed by atoms with Gasteiger partial charge in [0.1, 0.15) is 11.4 Å². The Labute approximate surface area is 123 Å². The van der Waals surface area contributed by atoms with Gasteiger partial charge in [-0.05, 0) is 34.6 Å². The monoisotopic (exact) mass is 299 g/mol. The third kappa shape index (κ3) is 4.21. The smallest absolute Gasteiger partial charge is 0.408 e. The number of carbonyl (C=O) groups is 3. The lowest BCUT2D eigenvalue weighted by Crippen LogP contribution is -2.50. The van der Waals surface area contributed by atoms with Crippen LogP contribution in [0.15, 0.2) is 11.3 Å². The quantitative estimate of drug-likeness (QED) is 0.614. The van der Waals surface area contributed by atoms with Crippen molar-refractivity contribution < 1.29 is 28.6 Å². The minimum absolute atomic E-state index is 0.107. The maximum Gasteiger partial charge on any atom is 0.408 e. The summed E-state index contributed by atoms with van der Waals surface area (Å²) in [4.78, 5) is 35.5. The van der Waals surface area contributed by atoms with Crippen molar-refractivity contribution in [1.82, 2.24) is 5.32 Å². The molecule has 0 saturated carbocycles. The van der Waals surface area contributed by atoms with Gasteiger partial charge in [-0.2, -0.15) is 0 Å². The number of hydrogen-bond donors (Lipinski definition) is 1. The van der Waals surface area contributed by atoms with Crippen LogP contribution < -0.4 is 5.32 Å². The fraction of sp³-hybridized carbons (Fsp3) is 0.643. The third-order valence-corrected chi connectivity index (χ3v) is 2.89. The van der Waals surface area contributed by atoms with E-state index in [1.165, 1.54) is 14.0 Å². The van der Waals surface area contributed by atoms with Gasteiger partial charge in [-0.15, -0.1) is 0 Å². The summed E-state index contributed by atoms with van der Waals surface area (Å²) >= 11 is 0. The number of hydrogen-bond acceptors (Lipinski definition) is 6. The van der Waals surface area contributed by atoms with Gasteiger partial charge in [0.2, 0.25) is 0 Å². The summed E-state index contributed by atoms with van der Waals surface area (Å²) in [5.74, 6) is -1.80. The molecule has 0 aromatic rings. The van der Waals surface area contributed by atoms with E-state index >= 15 is 0 Å². The first kappa shape index (κ1) is 17.0. The molecule has 7 heteroatoms. The van der Waals surface area contributed by atoms with Crippen molar-refractivity contribution in [2.45, 2.75) is 46.3 Å². The Morgan fingerprint density at radius 2 is 1.86 bits per heavy atom. The molecule has 2 atom stereocenters. The predicted molar refractivity (Wildman–Crippen MR) is 73.1 cm³/mol. The molecule has 0 bridgehead atoms. The van der Waals surface area contributed by atoms with Crippen molar-refractivity contribution in [3.8, 4) is 0 Å². The Balaban J connectivity index is 3.03. The number of nitrogens with one attached hydrogen (secondary N) is 1. The van der Waals surface area contributed by atoms with Gasteiger partial charge >= 0.3 is 18.0 Å². The molecular weight excluding hydrogens is 278 g/mol. The van der Waals surface area contributed by atoms with Crippen LogP contribution in [0.4, 0.5) is 4.79 Å². The van der Waals surface area contributed by atoms with E-state index in [1.54, 1.807) is 27.7 Å². The van der Waals surface area contributed by atoms with Gasteiger partial charge in [-0.25, -0.2) is 9.59 Å². The maximum absolute atomic E-state index is 11.9. The van der Waals surface area contributed by atoms with Crippen LogP contribution in [0, 0.1) is 5.92 Å². The number of allylic oxidation sites excluding steroid dienone is 1. The Hall–Kier alpha value is -2.05. The first-order chi connectivity index (χ1) is 9.56. The van der Waals surface area contributed by atoms with E-state index in [2.05, 4.69) is 10.1 Å². The minimum Gasteiger partial charge on any atom is -0.466 e. The largest absolute Gasteiger partial charge is 0.466 e. The Bertz CT molecular complexity index is 488. The molecule has 0 aromatic carbocycles. The summed E-state index contributed by atoms with van der Waals surface area (Å²) in [6, 6.07) is -0.853. The minimum atomic E-state index is -0.853. The van der Waals surface area contributed by atoms with Crippen LogP contribution >= 0.6 is 0 Å². The van der Waals surface area contributed by atoms with E-state index in [4.69, 9.17) is 9.47 Å². The summed E-state index contributed by atoms with van der Waals surface area (Å²) in [7, 11) is 1.22. The number of esters is 2. The van der Waals surface area contributed by atoms with Crippen molar-refractivity contribution in [2.75, 3.05) is 7.11 Å². The van der Waals surface area contributed by atoms with Crippen LogP contribution in [0.2, 0.25) is 0 Å². The summed E-state index contributed by atoms with van der Waals surface area (Å²) < 4.78 is 14.8. The van der Waals surface area contributed by atoms with Gasteiger partial charge in [0, 0.05) is 0 Å². The molecule has 0 spiro atoms. The predicted octanol–water partition coefficient (Wildman–Crippen LogP) is 1.52. The summed E-state index contributed by atoms with van der Waals surface area (Å²) in [5, 5.41) is 2.53. The Morgan fingerprint density at radius 1 is 1.29 bits per heavy atom. The molecule has 1 amide bonds. The van der Waals surface area contributed by atoms with Crippen molar-refractivity contribution in [3.05, 3.63) is 11.3 Å². The molecule has 1 aliphatic heterocycles.